The number of nitrogens with zero attached hydrogens (tertiary/aromatic N) is 2. The van der Waals surface area contributed by atoms with Crippen LogP contribution < -0.4 is 4.74 Å². The maximum absolute atomic E-state index is 9.26. The van der Waals surface area contributed by atoms with Gasteiger partial charge in [0, 0.05) is 5.69 Å². The maximum Gasteiger partial charge on any atom is 0.237 e. The van der Waals surface area contributed by atoms with Crippen LogP contribution in [-0.4, -0.2) is 4.98 Å². The molecule has 1 aliphatic rings. The van der Waals surface area contributed by atoms with E-state index >= 15 is 0 Å². The molecule has 1 heterocycles. The first kappa shape index (κ1) is 13.1. The highest BCUT2D eigenvalue weighted by Gasteiger charge is 2.18. The lowest BCUT2D eigenvalue weighted by molar-refractivity contribution is 0.456. The fourth-order valence-electron chi connectivity index (χ4n) is 2.40. The summed E-state index contributed by atoms with van der Waals surface area (Å²) >= 11 is 3.48. The summed E-state index contributed by atoms with van der Waals surface area (Å²) in [5.41, 5.74) is 3.88. The monoisotopic (exact) mass is 328 g/mol. The fraction of sp³-hybridized carbons (Fsp3) is 0.250. The highest BCUT2D eigenvalue weighted by Crippen LogP contribution is 2.33. The molecule has 0 aliphatic heterocycles. The quantitative estimate of drug-likeness (QED) is 0.825. The Morgan fingerprint density at radius 3 is 2.90 bits per heavy atom. The molecule has 1 aliphatic carbocycles. The number of pyridine rings is 1. The van der Waals surface area contributed by atoms with Crippen LogP contribution in [0, 0.1) is 18.3 Å². The summed E-state index contributed by atoms with van der Waals surface area (Å²) < 4.78 is 6.70. The molecule has 0 spiro atoms. The fourth-order valence-corrected chi connectivity index (χ4v) is 2.98. The zero-order valence-electron chi connectivity index (χ0n) is 11.1. The second-order valence-electron chi connectivity index (χ2n) is 4.95. The van der Waals surface area contributed by atoms with Gasteiger partial charge < -0.3 is 4.74 Å². The number of rotatable bonds is 2. The molecule has 4 heteroatoms. The van der Waals surface area contributed by atoms with Gasteiger partial charge in [0.1, 0.15) is 17.4 Å². The number of hydrogen-bond acceptors (Lipinski definition) is 3. The van der Waals surface area contributed by atoms with Crippen molar-refractivity contribution in [2.45, 2.75) is 26.2 Å². The molecular weight excluding hydrogens is 316 g/mol. The van der Waals surface area contributed by atoms with Crippen LogP contribution in [0.25, 0.3) is 0 Å². The Morgan fingerprint density at radius 2 is 2.15 bits per heavy atom. The van der Waals surface area contributed by atoms with Crippen LogP contribution in [-0.2, 0) is 12.8 Å². The molecule has 1 aromatic heterocycles. The molecule has 1 aromatic carbocycles. The minimum Gasteiger partial charge on any atom is -0.436 e. The Hall–Kier alpha value is -1.86. The summed E-state index contributed by atoms with van der Waals surface area (Å²) in [5, 5.41) is 9.26. The smallest absolute Gasteiger partial charge is 0.237 e. The largest absolute Gasteiger partial charge is 0.436 e. The van der Waals surface area contributed by atoms with Gasteiger partial charge in [-0.2, -0.15) is 5.26 Å². The number of halogens is 1. The summed E-state index contributed by atoms with van der Waals surface area (Å²) in [6.07, 6.45) is 3.07. The van der Waals surface area contributed by atoms with Crippen molar-refractivity contribution in [1.82, 2.24) is 4.98 Å². The molecule has 100 valence electrons. The van der Waals surface area contributed by atoms with Crippen molar-refractivity contribution in [1.29, 1.82) is 5.26 Å². The van der Waals surface area contributed by atoms with E-state index in [2.05, 4.69) is 27.0 Å². The second kappa shape index (κ2) is 5.26. The normalized spacial score (nSPS) is 12.8. The van der Waals surface area contributed by atoms with Crippen LogP contribution in [0.1, 0.15) is 28.8 Å². The van der Waals surface area contributed by atoms with E-state index in [1.54, 1.807) is 0 Å². The van der Waals surface area contributed by atoms with Gasteiger partial charge >= 0.3 is 0 Å². The number of ether oxygens (including phenoxy) is 1. The van der Waals surface area contributed by atoms with E-state index < -0.39 is 0 Å². The highest BCUT2D eigenvalue weighted by molar-refractivity contribution is 9.10. The Morgan fingerprint density at radius 1 is 1.30 bits per heavy atom. The number of nitriles is 1. The summed E-state index contributed by atoms with van der Waals surface area (Å²) in [7, 11) is 0. The number of hydrogen-bond donors (Lipinski definition) is 0. The van der Waals surface area contributed by atoms with Crippen molar-refractivity contribution >= 4 is 15.9 Å². The van der Waals surface area contributed by atoms with Crippen molar-refractivity contribution < 1.29 is 4.74 Å². The molecule has 0 radical (unpaired) electrons. The lowest BCUT2D eigenvalue weighted by Crippen LogP contribution is -1.97. The van der Waals surface area contributed by atoms with E-state index in [1.165, 1.54) is 5.56 Å². The van der Waals surface area contributed by atoms with E-state index in [4.69, 9.17) is 4.74 Å². The molecule has 0 saturated heterocycles. The van der Waals surface area contributed by atoms with Gasteiger partial charge in [0.2, 0.25) is 5.88 Å². The van der Waals surface area contributed by atoms with E-state index in [1.807, 2.05) is 31.2 Å². The standard InChI is InChI=1S/C16H13BrN2O/c1-10-5-6-15(13(17)7-10)20-16-12(9-18)8-11-3-2-4-14(11)19-16/h5-8H,2-4H2,1H3. The third-order valence-electron chi connectivity index (χ3n) is 3.43. The molecule has 20 heavy (non-hydrogen) atoms. The lowest BCUT2D eigenvalue weighted by atomic mass is 10.1. The molecule has 3 nitrogen and oxygen atoms in total. The van der Waals surface area contributed by atoms with E-state index in [0.717, 1.165) is 35.0 Å². The van der Waals surface area contributed by atoms with Crippen LogP contribution in [0.15, 0.2) is 28.7 Å². The summed E-state index contributed by atoms with van der Waals surface area (Å²) in [5.74, 6) is 1.08. The van der Waals surface area contributed by atoms with E-state index in [0.29, 0.717) is 17.2 Å². The first-order valence-corrected chi connectivity index (χ1v) is 7.33. The number of aromatic nitrogens is 1. The Bertz CT molecular complexity index is 719. The topological polar surface area (TPSA) is 45.9 Å². The molecule has 3 rings (SSSR count). The predicted octanol–water partition coefficient (Wildman–Crippen LogP) is 4.31. The van der Waals surface area contributed by atoms with Crippen molar-refractivity contribution in [3.63, 3.8) is 0 Å². The Kier molecular flexibility index (Phi) is 3.45. The number of fused-ring (bicyclic) bond motifs is 1. The van der Waals surface area contributed by atoms with Crippen molar-refractivity contribution in [2.75, 3.05) is 0 Å². The first-order valence-electron chi connectivity index (χ1n) is 6.54. The maximum atomic E-state index is 9.26. The zero-order chi connectivity index (χ0) is 14.1. The van der Waals surface area contributed by atoms with Gasteiger partial charge in [-0.1, -0.05) is 6.07 Å². The molecule has 0 unspecified atom stereocenters. The third kappa shape index (κ3) is 2.41. The minimum atomic E-state index is 0.401. The molecule has 0 saturated carbocycles. The van der Waals surface area contributed by atoms with Gasteiger partial charge in [-0.15, -0.1) is 0 Å². The minimum absolute atomic E-state index is 0.401. The Labute approximate surface area is 126 Å². The van der Waals surface area contributed by atoms with Crippen molar-refractivity contribution in [3.8, 4) is 17.7 Å². The van der Waals surface area contributed by atoms with Gasteiger partial charge in [0.25, 0.3) is 0 Å². The molecular formula is C16H13BrN2O. The lowest BCUT2D eigenvalue weighted by Gasteiger charge is -2.10. The summed E-state index contributed by atoms with van der Waals surface area (Å²) in [6.45, 7) is 2.02. The average molecular weight is 329 g/mol. The van der Waals surface area contributed by atoms with Gasteiger partial charge in [-0.05, 0) is 71.4 Å². The van der Waals surface area contributed by atoms with E-state index in [9.17, 15) is 5.26 Å². The van der Waals surface area contributed by atoms with Gasteiger partial charge in [-0.3, -0.25) is 0 Å². The Balaban J connectivity index is 2.00. The van der Waals surface area contributed by atoms with Crippen LogP contribution >= 0.6 is 15.9 Å². The van der Waals surface area contributed by atoms with Gasteiger partial charge in [-0.25, -0.2) is 4.98 Å². The number of aryl methyl sites for hydroxylation is 3. The van der Waals surface area contributed by atoms with Crippen LogP contribution in [0.3, 0.4) is 0 Å². The van der Waals surface area contributed by atoms with Gasteiger partial charge in [0.15, 0.2) is 0 Å². The van der Waals surface area contributed by atoms with Crippen molar-refractivity contribution in [3.05, 3.63) is 51.1 Å². The average Bonchev–Trinajstić information content (AvgIpc) is 2.88. The third-order valence-corrected chi connectivity index (χ3v) is 4.05. The molecule has 0 N–H and O–H groups in total. The molecule has 0 fully saturated rings. The summed E-state index contributed by atoms with van der Waals surface area (Å²) in [6, 6.07) is 9.92. The second-order valence-corrected chi connectivity index (χ2v) is 5.80. The van der Waals surface area contributed by atoms with Crippen LogP contribution in [0.4, 0.5) is 0 Å². The molecule has 0 amide bonds. The van der Waals surface area contributed by atoms with Gasteiger partial charge in [0.05, 0.1) is 4.47 Å². The first-order chi connectivity index (χ1) is 9.67. The zero-order valence-corrected chi connectivity index (χ0v) is 12.7. The predicted molar refractivity (Wildman–Crippen MR) is 79.9 cm³/mol. The van der Waals surface area contributed by atoms with Crippen LogP contribution in [0.5, 0.6) is 11.6 Å². The molecule has 2 aromatic rings. The number of benzene rings is 1. The highest BCUT2D eigenvalue weighted by atomic mass is 79.9. The van der Waals surface area contributed by atoms with E-state index in [-0.39, 0.29) is 0 Å². The molecule has 0 atom stereocenters. The summed E-state index contributed by atoms with van der Waals surface area (Å²) in [4.78, 5) is 4.52. The SMILES string of the molecule is Cc1ccc(Oc2nc3c(cc2C#N)CCC3)c(Br)c1. The van der Waals surface area contributed by atoms with Crippen LogP contribution in [0.2, 0.25) is 0 Å². The molecule has 0 bridgehead atoms. The van der Waals surface area contributed by atoms with Crippen molar-refractivity contribution in [2.24, 2.45) is 0 Å².